The average Bonchev–Trinajstić information content (AvgIpc) is 2.52. The summed E-state index contributed by atoms with van der Waals surface area (Å²) in [6.07, 6.45) is -3.13. The minimum atomic E-state index is -2.57. The third kappa shape index (κ3) is 4.24. The van der Waals surface area contributed by atoms with E-state index in [1.807, 2.05) is 0 Å². The number of aliphatic hydroxyl groups excluding tert-OH is 1. The molecule has 2 rings (SSSR count). The zero-order valence-electron chi connectivity index (χ0n) is 16.8. The molecule has 132 valence electrons. The summed E-state index contributed by atoms with van der Waals surface area (Å²) < 4.78 is 36.4. The summed E-state index contributed by atoms with van der Waals surface area (Å²) in [6.45, 7) is 5.28. The lowest BCUT2D eigenvalue weighted by atomic mass is 10.1. The number of ether oxygens (including phenoxy) is 3. The van der Waals surface area contributed by atoms with Crippen LogP contribution >= 0.6 is 0 Å². The number of amides is 1. The van der Waals surface area contributed by atoms with Crippen molar-refractivity contribution >= 4 is 17.6 Å². The molecule has 1 aromatic rings. The molecular formula is C17H23NO6. The molecule has 7 heteroatoms. The number of esters is 1. The Kier molecular flexibility index (Phi) is 4.27. The summed E-state index contributed by atoms with van der Waals surface area (Å²) in [5.41, 5.74) is -0.351. The van der Waals surface area contributed by atoms with Gasteiger partial charge < -0.3 is 24.2 Å². The van der Waals surface area contributed by atoms with Crippen molar-refractivity contribution in [2.24, 2.45) is 0 Å². The maximum absolute atomic E-state index is 12.7. The van der Waals surface area contributed by atoms with E-state index in [2.05, 4.69) is 0 Å². The molecule has 0 radical (unpaired) electrons. The molecule has 0 saturated carbocycles. The van der Waals surface area contributed by atoms with Crippen molar-refractivity contribution < 1.29 is 33.0 Å². The summed E-state index contributed by atoms with van der Waals surface area (Å²) >= 11 is 0. The van der Waals surface area contributed by atoms with Crippen LogP contribution in [-0.2, 0) is 19.1 Å². The van der Waals surface area contributed by atoms with E-state index >= 15 is 0 Å². The Labute approximate surface area is 145 Å². The van der Waals surface area contributed by atoms with Crippen molar-refractivity contribution in [3.63, 3.8) is 0 Å². The van der Waals surface area contributed by atoms with Gasteiger partial charge in [0, 0.05) is 12.2 Å². The first-order chi connectivity index (χ1) is 12.4. The number of benzene rings is 1. The number of carbonyl (C=O) groups is 2. The Hall–Kier alpha value is -2.12. The highest BCUT2D eigenvalue weighted by Crippen LogP contribution is 2.23. The standard InChI is InChI=1S/C17H23NO6/c1-17(2,3)24-16(21)13(19)14-15(20)18(9-10-23-14)11-5-7-12(22-4)8-6-11/h5-8,13-14,19H,9-10H2,1-4H3/t13-,14-/m1/s1/i4D3. The molecule has 0 spiro atoms. The van der Waals surface area contributed by atoms with Crippen LogP contribution in [0.2, 0.25) is 0 Å². The van der Waals surface area contributed by atoms with E-state index in [1.165, 1.54) is 29.2 Å². The maximum Gasteiger partial charge on any atom is 0.338 e. The zero-order chi connectivity index (χ0) is 20.4. The van der Waals surface area contributed by atoms with Gasteiger partial charge in [-0.15, -0.1) is 0 Å². The molecule has 1 fully saturated rings. The molecule has 1 N–H and O–H groups in total. The van der Waals surface area contributed by atoms with E-state index in [0.29, 0.717) is 5.69 Å². The fourth-order valence-electron chi connectivity index (χ4n) is 2.27. The third-order valence-corrected chi connectivity index (χ3v) is 3.32. The van der Waals surface area contributed by atoms with Crippen LogP contribution in [-0.4, -0.2) is 55.0 Å². The van der Waals surface area contributed by atoms with Gasteiger partial charge in [-0.05, 0) is 45.0 Å². The molecule has 1 aliphatic rings. The fraction of sp³-hybridized carbons (Fsp3) is 0.529. The van der Waals surface area contributed by atoms with Crippen LogP contribution in [0, 0.1) is 0 Å². The molecule has 24 heavy (non-hydrogen) atoms. The average molecular weight is 340 g/mol. The molecule has 0 unspecified atom stereocenters. The van der Waals surface area contributed by atoms with Gasteiger partial charge >= 0.3 is 5.97 Å². The molecular weight excluding hydrogens is 314 g/mol. The summed E-state index contributed by atoms with van der Waals surface area (Å²) in [7, 11) is -2.57. The van der Waals surface area contributed by atoms with E-state index in [-0.39, 0.29) is 18.9 Å². The Morgan fingerprint density at radius 3 is 2.67 bits per heavy atom. The summed E-state index contributed by atoms with van der Waals surface area (Å²) in [6, 6.07) is 5.87. The van der Waals surface area contributed by atoms with Gasteiger partial charge in [-0.3, -0.25) is 4.79 Å². The lowest BCUT2D eigenvalue weighted by molar-refractivity contribution is -0.177. The van der Waals surface area contributed by atoms with Gasteiger partial charge in [0.25, 0.3) is 5.91 Å². The number of nitrogens with zero attached hydrogens (tertiary/aromatic N) is 1. The molecule has 7 nitrogen and oxygen atoms in total. The van der Waals surface area contributed by atoms with Crippen molar-refractivity contribution in [3.05, 3.63) is 24.3 Å². The first-order valence-electron chi connectivity index (χ1n) is 9.00. The topological polar surface area (TPSA) is 85.3 Å². The maximum atomic E-state index is 12.7. The van der Waals surface area contributed by atoms with Gasteiger partial charge in [0.05, 0.1) is 17.8 Å². The van der Waals surface area contributed by atoms with Gasteiger partial charge in [-0.1, -0.05) is 0 Å². The molecule has 2 atom stereocenters. The van der Waals surface area contributed by atoms with Crippen LogP contribution < -0.4 is 9.64 Å². The van der Waals surface area contributed by atoms with Crippen LogP contribution in [0.5, 0.6) is 5.75 Å². The van der Waals surface area contributed by atoms with E-state index in [1.54, 1.807) is 20.8 Å². The van der Waals surface area contributed by atoms with Crippen LogP contribution in [0.25, 0.3) is 0 Å². The lowest BCUT2D eigenvalue weighted by Crippen LogP contribution is -2.55. The number of anilines is 1. The van der Waals surface area contributed by atoms with Gasteiger partial charge in [0.1, 0.15) is 11.4 Å². The summed E-state index contributed by atoms with van der Waals surface area (Å²) in [5, 5.41) is 10.2. The second-order valence-electron chi connectivity index (χ2n) is 6.36. The second kappa shape index (κ2) is 7.19. The van der Waals surface area contributed by atoms with Crippen molar-refractivity contribution in [3.8, 4) is 5.75 Å². The number of morpholine rings is 1. The monoisotopic (exact) mass is 340 g/mol. The van der Waals surface area contributed by atoms with E-state index in [0.717, 1.165) is 0 Å². The van der Waals surface area contributed by atoms with Crippen LogP contribution in [0.1, 0.15) is 24.9 Å². The van der Waals surface area contributed by atoms with Crippen LogP contribution in [0.3, 0.4) is 0 Å². The van der Waals surface area contributed by atoms with Crippen LogP contribution in [0.4, 0.5) is 5.69 Å². The Balaban J connectivity index is 2.11. The van der Waals surface area contributed by atoms with E-state index in [4.69, 9.17) is 18.3 Å². The molecule has 0 bridgehead atoms. The van der Waals surface area contributed by atoms with Crippen LogP contribution in [0.15, 0.2) is 24.3 Å². The number of aliphatic hydroxyl groups is 1. The Morgan fingerprint density at radius 2 is 2.08 bits per heavy atom. The lowest BCUT2D eigenvalue weighted by Gasteiger charge is -2.34. The quantitative estimate of drug-likeness (QED) is 0.827. The highest BCUT2D eigenvalue weighted by atomic mass is 16.6. The smallest absolute Gasteiger partial charge is 0.338 e. The molecule has 1 amide bonds. The molecule has 1 aliphatic heterocycles. The molecule has 0 aliphatic carbocycles. The molecule has 0 aromatic heterocycles. The highest BCUT2D eigenvalue weighted by molar-refractivity contribution is 6.00. The summed E-state index contributed by atoms with van der Waals surface area (Å²) in [4.78, 5) is 26.0. The van der Waals surface area contributed by atoms with E-state index in [9.17, 15) is 14.7 Å². The summed E-state index contributed by atoms with van der Waals surface area (Å²) in [5.74, 6) is -1.40. The first-order valence-corrected chi connectivity index (χ1v) is 7.50. The number of carbonyl (C=O) groups excluding carboxylic acids is 2. The van der Waals surface area contributed by atoms with Crippen molar-refractivity contribution in [1.82, 2.24) is 0 Å². The number of hydrogen-bond donors (Lipinski definition) is 1. The molecule has 1 heterocycles. The predicted octanol–water partition coefficient (Wildman–Crippen LogP) is 1.13. The molecule has 1 saturated heterocycles. The Bertz CT molecular complexity index is 683. The molecule has 1 aromatic carbocycles. The Morgan fingerprint density at radius 1 is 1.42 bits per heavy atom. The minimum absolute atomic E-state index is 0.115. The SMILES string of the molecule is [2H]C([2H])([2H])Oc1ccc(N2CCO[C@H]([C@@H](O)C(=O)OC(C)(C)C)C2=O)cc1. The van der Waals surface area contributed by atoms with Crippen molar-refractivity contribution in [2.45, 2.75) is 38.6 Å². The number of rotatable bonds is 4. The minimum Gasteiger partial charge on any atom is -0.497 e. The normalized spacial score (nSPS) is 22.2. The van der Waals surface area contributed by atoms with Gasteiger partial charge in [-0.2, -0.15) is 0 Å². The number of methoxy groups -OCH3 is 1. The van der Waals surface area contributed by atoms with Gasteiger partial charge in [0.15, 0.2) is 12.2 Å². The van der Waals surface area contributed by atoms with E-state index < -0.39 is 36.7 Å². The predicted molar refractivity (Wildman–Crippen MR) is 86.9 cm³/mol. The van der Waals surface area contributed by atoms with Gasteiger partial charge in [0.2, 0.25) is 0 Å². The van der Waals surface area contributed by atoms with Gasteiger partial charge in [-0.25, -0.2) is 4.79 Å². The first kappa shape index (κ1) is 14.2. The highest BCUT2D eigenvalue weighted by Gasteiger charge is 2.41. The largest absolute Gasteiger partial charge is 0.497 e. The third-order valence-electron chi connectivity index (χ3n) is 3.32. The number of hydrogen-bond acceptors (Lipinski definition) is 6. The second-order valence-corrected chi connectivity index (χ2v) is 6.36. The zero-order valence-corrected chi connectivity index (χ0v) is 13.8. The van der Waals surface area contributed by atoms with Crippen molar-refractivity contribution in [2.75, 3.05) is 25.1 Å². The van der Waals surface area contributed by atoms with Crippen molar-refractivity contribution in [1.29, 1.82) is 0 Å². The fourth-order valence-corrected chi connectivity index (χ4v) is 2.27.